The Kier molecular flexibility index (Phi) is 9.35. The number of rotatable bonds is 5. The van der Waals surface area contributed by atoms with Gasteiger partial charge in [-0.15, -0.1) is 0 Å². The highest BCUT2D eigenvalue weighted by Gasteiger charge is 2.12. The molecule has 1 aliphatic rings. The predicted molar refractivity (Wildman–Crippen MR) is 89.3 cm³/mol. The Bertz CT molecular complexity index is 315. The van der Waals surface area contributed by atoms with Gasteiger partial charge in [-0.2, -0.15) is 0 Å². The van der Waals surface area contributed by atoms with Crippen LogP contribution in [0.5, 0.6) is 0 Å². The third kappa shape index (κ3) is 8.34. The SMILES string of the molecule is CCCCCCN1CCN(C)CC1.Cc1ccccc1. The zero-order chi connectivity index (χ0) is 14.6. The van der Waals surface area contributed by atoms with Gasteiger partial charge >= 0.3 is 0 Å². The van der Waals surface area contributed by atoms with Gasteiger partial charge < -0.3 is 9.80 Å². The summed E-state index contributed by atoms with van der Waals surface area (Å²) >= 11 is 0. The van der Waals surface area contributed by atoms with Crippen LogP contribution in [0.25, 0.3) is 0 Å². The van der Waals surface area contributed by atoms with Crippen molar-refractivity contribution in [1.29, 1.82) is 0 Å². The van der Waals surface area contributed by atoms with Gasteiger partial charge in [-0.25, -0.2) is 0 Å². The quantitative estimate of drug-likeness (QED) is 0.755. The lowest BCUT2D eigenvalue weighted by atomic mass is 10.2. The van der Waals surface area contributed by atoms with Crippen molar-refractivity contribution in [2.75, 3.05) is 39.8 Å². The number of likely N-dealkylation sites (N-methyl/N-ethyl adjacent to an activating group) is 1. The molecule has 1 fully saturated rings. The summed E-state index contributed by atoms with van der Waals surface area (Å²) in [5.41, 5.74) is 1.32. The average molecular weight is 276 g/mol. The first-order valence-electron chi connectivity index (χ1n) is 8.15. The fourth-order valence-electron chi connectivity index (χ4n) is 2.37. The van der Waals surface area contributed by atoms with Crippen LogP contribution in [0.2, 0.25) is 0 Å². The molecule has 2 nitrogen and oxygen atoms in total. The van der Waals surface area contributed by atoms with Crippen LogP contribution < -0.4 is 0 Å². The zero-order valence-electron chi connectivity index (χ0n) is 13.6. The molecule has 1 aromatic carbocycles. The molecule has 0 saturated carbocycles. The highest BCUT2D eigenvalue weighted by Crippen LogP contribution is 2.04. The van der Waals surface area contributed by atoms with Crippen molar-refractivity contribution in [2.45, 2.75) is 39.5 Å². The van der Waals surface area contributed by atoms with Crippen LogP contribution in [-0.4, -0.2) is 49.6 Å². The molecule has 2 heteroatoms. The molecule has 1 aromatic rings. The maximum Gasteiger partial charge on any atom is 0.0110 e. The van der Waals surface area contributed by atoms with Crippen molar-refractivity contribution in [3.05, 3.63) is 35.9 Å². The van der Waals surface area contributed by atoms with Gasteiger partial charge in [-0.3, -0.25) is 0 Å². The Morgan fingerprint density at radius 3 is 2.05 bits per heavy atom. The van der Waals surface area contributed by atoms with Gasteiger partial charge in [0.05, 0.1) is 0 Å². The van der Waals surface area contributed by atoms with E-state index in [2.05, 4.69) is 42.8 Å². The van der Waals surface area contributed by atoms with E-state index in [0.717, 1.165) is 0 Å². The summed E-state index contributed by atoms with van der Waals surface area (Å²) in [6, 6.07) is 10.3. The van der Waals surface area contributed by atoms with Crippen molar-refractivity contribution in [2.24, 2.45) is 0 Å². The summed E-state index contributed by atoms with van der Waals surface area (Å²) in [5.74, 6) is 0. The maximum atomic E-state index is 2.61. The Morgan fingerprint density at radius 2 is 1.55 bits per heavy atom. The number of aryl methyl sites for hydroxylation is 1. The van der Waals surface area contributed by atoms with Gasteiger partial charge in [0, 0.05) is 26.2 Å². The molecule has 1 heterocycles. The molecule has 0 amide bonds. The van der Waals surface area contributed by atoms with Crippen LogP contribution in [-0.2, 0) is 0 Å². The van der Waals surface area contributed by atoms with Gasteiger partial charge in [0.1, 0.15) is 0 Å². The molecular weight excluding hydrogens is 244 g/mol. The van der Waals surface area contributed by atoms with Crippen LogP contribution in [0, 0.1) is 6.92 Å². The fourth-order valence-corrected chi connectivity index (χ4v) is 2.37. The van der Waals surface area contributed by atoms with Gasteiger partial charge in [0.2, 0.25) is 0 Å². The van der Waals surface area contributed by atoms with E-state index in [9.17, 15) is 0 Å². The normalized spacial score (nSPS) is 16.6. The Labute approximate surface area is 125 Å². The second kappa shape index (κ2) is 10.9. The maximum absolute atomic E-state index is 2.61. The Hall–Kier alpha value is -0.860. The molecule has 114 valence electrons. The molecule has 20 heavy (non-hydrogen) atoms. The highest BCUT2D eigenvalue weighted by atomic mass is 15.2. The number of piperazine rings is 1. The fraction of sp³-hybridized carbons (Fsp3) is 0.667. The summed E-state index contributed by atoms with van der Waals surface area (Å²) in [6.07, 6.45) is 5.58. The molecule has 0 radical (unpaired) electrons. The van der Waals surface area contributed by atoms with E-state index in [4.69, 9.17) is 0 Å². The molecule has 1 aliphatic heterocycles. The largest absolute Gasteiger partial charge is 0.304 e. The summed E-state index contributed by atoms with van der Waals surface area (Å²) in [7, 11) is 2.22. The van der Waals surface area contributed by atoms with Crippen LogP contribution in [0.15, 0.2) is 30.3 Å². The van der Waals surface area contributed by atoms with Crippen molar-refractivity contribution in [3.63, 3.8) is 0 Å². The van der Waals surface area contributed by atoms with E-state index in [1.807, 2.05) is 18.2 Å². The minimum absolute atomic E-state index is 1.26. The monoisotopic (exact) mass is 276 g/mol. The van der Waals surface area contributed by atoms with Crippen LogP contribution in [0.3, 0.4) is 0 Å². The molecule has 0 bridgehead atoms. The Morgan fingerprint density at radius 1 is 0.900 bits per heavy atom. The van der Waals surface area contributed by atoms with Crippen molar-refractivity contribution in [3.8, 4) is 0 Å². The standard InChI is InChI=1S/C11H24N2.C7H8/c1-3-4-5-6-7-13-10-8-12(2)9-11-13;1-7-5-3-2-4-6-7/h3-11H2,1-2H3;2-6H,1H3. The first-order chi connectivity index (χ1) is 9.72. The van der Waals surface area contributed by atoms with Gasteiger partial charge in [-0.05, 0) is 26.9 Å². The molecule has 0 N–H and O–H groups in total. The predicted octanol–water partition coefficient (Wildman–Crippen LogP) is 3.81. The van der Waals surface area contributed by atoms with E-state index in [1.165, 1.54) is 64.0 Å². The molecule has 0 atom stereocenters. The minimum atomic E-state index is 1.26. The highest BCUT2D eigenvalue weighted by molar-refractivity contribution is 5.11. The smallest absolute Gasteiger partial charge is 0.0110 e. The molecule has 2 rings (SSSR count). The van der Waals surface area contributed by atoms with Crippen molar-refractivity contribution < 1.29 is 0 Å². The summed E-state index contributed by atoms with van der Waals surface area (Å²) in [6.45, 7) is 10.8. The zero-order valence-corrected chi connectivity index (χ0v) is 13.6. The van der Waals surface area contributed by atoms with Crippen molar-refractivity contribution >= 4 is 0 Å². The number of hydrogen-bond donors (Lipinski definition) is 0. The molecule has 0 aromatic heterocycles. The van der Waals surface area contributed by atoms with E-state index < -0.39 is 0 Å². The lowest BCUT2D eigenvalue weighted by Crippen LogP contribution is -2.44. The van der Waals surface area contributed by atoms with Crippen LogP contribution in [0.1, 0.15) is 38.2 Å². The number of hydrogen-bond acceptors (Lipinski definition) is 2. The lowest BCUT2D eigenvalue weighted by molar-refractivity contribution is 0.152. The van der Waals surface area contributed by atoms with Gasteiger partial charge in [-0.1, -0.05) is 62.1 Å². The molecule has 0 aliphatic carbocycles. The van der Waals surface area contributed by atoms with Gasteiger partial charge in [0.15, 0.2) is 0 Å². The number of nitrogens with zero attached hydrogens (tertiary/aromatic N) is 2. The summed E-state index contributed by atoms with van der Waals surface area (Å²) in [5, 5.41) is 0. The van der Waals surface area contributed by atoms with Crippen molar-refractivity contribution in [1.82, 2.24) is 9.80 Å². The first-order valence-corrected chi connectivity index (χ1v) is 8.15. The molecule has 0 unspecified atom stereocenters. The number of unbranched alkanes of at least 4 members (excludes halogenated alkanes) is 3. The second-order valence-corrected chi connectivity index (χ2v) is 5.86. The van der Waals surface area contributed by atoms with E-state index in [-0.39, 0.29) is 0 Å². The molecule has 1 saturated heterocycles. The molecule has 0 spiro atoms. The van der Waals surface area contributed by atoms with E-state index >= 15 is 0 Å². The summed E-state index contributed by atoms with van der Waals surface area (Å²) < 4.78 is 0. The average Bonchev–Trinajstić information content (AvgIpc) is 2.47. The van der Waals surface area contributed by atoms with Gasteiger partial charge in [0.25, 0.3) is 0 Å². The topological polar surface area (TPSA) is 6.48 Å². The third-order valence-electron chi connectivity index (χ3n) is 3.86. The Balaban J connectivity index is 0.000000240. The molecular formula is C18H32N2. The third-order valence-corrected chi connectivity index (χ3v) is 3.86. The lowest BCUT2D eigenvalue weighted by Gasteiger charge is -2.32. The summed E-state index contributed by atoms with van der Waals surface area (Å²) in [4.78, 5) is 5.03. The first kappa shape index (κ1) is 17.2. The number of benzene rings is 1. The van der Waals surface area contributed by atoms with Crippen LogP contribution >= 0.6 is 0 Å². The van der Waals surface area contributed by atoms with Crippen LogP contribution in [0.4, 0.5) is 0 Å². The van der Waals surface area contributed by atoms with E-state index in [0.29, 0.717) is 0 Å². The second-order valence-electron chi connectivity index (χ2n) is 5.86. The van der Waals surface area contributed by atoms with E-state index in [1.54, 1.807) is 0 Å². The minimum Gasteiger partial charge on any atom is -0.304 e.